The molecule has 0 amide bonds. The van der Waals surface area contributed by atoms with Gasteiger partial charge in [-0.2, -0.15) is 0 Å². The third-order valence-corrected chi connectivity index (χ3v) is 4.75. The Morgan fingerprint density at radius 3 is 2.50 bits per heavy atom. The van der Waals surface area contributed by atoms with Crippen LogP contribution in [0.2, 0.25) is 0 Å². The molecular formula is C17H21FN2OS. The minimum Gasteiger partial charge on any atom is -0.598 e. The molecule has 0 bridgehead atoms. The maximum atomic E-state index is 13.0. The predicted octanol–water partition coefficient (Wildman–Crippen LogP) is 3.48. The molecule has 0 spiro atoms. The highest BCUT2D eigenvalue weighted by molar-refractivity contribution is 7.90. The van der Waals surface area contributed by atoms with Gasteiger partial charge in [0.2, 0.25) is 0 Å². The Morgan fingerprint density at radius 2 is 1.86 bits per heavy atom. The first-order valence-electron chi connectivity index (χ1n) is 7.22. The van der Waals surface area contributed by atoms with Gasteiger partial charge in [0.25, 0.3) is 0 Å². The van der Waals surface area contributed by atoms with Crippen molar-refractivity contribution in [1.29, 1.82) is 0 Å². The van der Waals surface area contributed by atoms with Crippen LogP contribution in [0.5, 0.6) is 0 Å². The summed E-state index contributed by atoms with van der Waals surface area (Å²) in [6, 6.07) is 10.2. The normalized spacial score (nSPS) is 13.1. The number of benzene rings is 1. The molecule has 0 fully saturated rings. The second-order valence-corrected chi connectivity index (χ2v) is 8.13. The molecule has 0 aliphatic rings. The standard InChI is InChI=1S/C17H21FN2OS/c1-17(2,3)22(21)20-11-9-13-8-10-19-16(12-13)14-4-6-15(18)7-5-14/h4-8,10,12,20H,9,11H2,1-3H3/t22-/m1/s1. The Kier molecular flexibility index (Phi) is 5.56. The SMILES string of the molecule is CC(C)(C)[S@@+]([O-])NCCc1ccnc(-c2ccc(F)cc2)c1. The zero-order chi connectivity index (χ0) is 16.2. The Bertz CT molecular complexity index is 611. The van der Waals surface area contributed by atoms with E-state index in [1.54, 1.807) is 18.3 Å². The largest absolute Gasteiger partial charge is 0.598 e. The topological polar surface area (TPSA) is 48.0 Å². The number of aromatic nitrogens is 1. The first-order chi connectivity index (χ1) is 10.4. The quantitative estimate of drug-likeness (QED) is 0.858. The van der Waals surface area contributed by atoms with E-state index >= 15 is 0 Å². The molecule has 0 unspecified atom stereocenters. The summed E-state index contributed by atoms with van der Waals surface area (Å²) in [5.74, 6) is -0.256. The molecule has 1 N–H and O–H groups in total. The zero-order valence-electron chi connectivity index (χ0n) is 13.1. The molecule has 3 nitrogen and oxygen atoms in total. The van der Waals surface area contributed by atoms with E-state index < -0.39 is 11.4 Å². The molecule has 118 valence electrons. The van der Waals surface area contributed by atoms with Gasteiger partial charge in [-0.1, -0.05) is 0 Å². The number of nitrogens with zero attached hydrogens (tertiary/aromatic N) is 1. The molecule has 0 aliphatic heterocycles. The van der Waals surface area contributed by atoms with Crippen molar-refractivity contribution < 1.29 is 8.94 Å². The Hall–Kier alpha value is -1.43. The number of halogens is 1. The van der Waals surface area contributed by atoms with Crippen LogP contribution in [0, 0.1) is 5.82 Å². The zero-order valence-corrected chi connectivity index (χ0v) is 13.9. The van der Waals surface area contributed by atoms with Gasteiger partial charge in [-0.05, 0) is 69.2 Å². The van der Waals surface area contributed by atoms with Gasteiger partial charge in [0.05, 0.1) is 5.69 Å². The van der Waals surface area contributed by atoms with E-state index in [2.05, 4.69) is 9.71 Å². The molecule has 0 aliphatic carbocycles. The van der Waals surface area contributed by atoms with E-state index in [0.717, 1.165) is 23.2 Å². The average Bonchev–Trinajstić information content (AvgIpc) is 2.47. The molecule has 0 saturated carbocycles. The molecule has 2 rings (SSSR count). The van der Waals surface area contributed by atoms with E-state index in [4.69, 9.17) is 0 Å². The molecule has 1 aromatic carbocycles. The number of hydrogen-bond acceptors (Lipinski definition) is 3. The van der Waals surface area contributed by atoms with Gasteiger partial charge in [0, 0.05) is 29.7 Å². The predicted molar refractivity (Wildman–Crippen MR) is 89.2 cm³/mol. The molecule has 22 heavy (non-hydrogen) atoms. The van der Waals surface area contributed by atoms with Gasteiger partial charge in [-0.25, -0.2) is 4.39 Å². The van der Waals surface area contributed by atoms with Gasteiger partial charge >= 0.3 is 0 Å². The van der Waals surface area contributed by atoms with Crippen LogP contribution in [-0.4, -0.2) is 20.8 Å². The van der Waals surface area contributed by atoms with Gasteiger partial charge in [0.15, 0.2) is 0 Å². The number of pyridine rings is 1. The lowest BCUT2D eigenvalue weighted by atomic mass is 10.1. The monoisotopic (exact) mass is 320 g/mol. The van der Waals surface area contributed by atoms with Crippen LogP contribution in [0.3, 0.4) is 0 Å². The molecule has 1 heterocycles. The highest BCUT2D eigenvalue weighted by Crippen LogP contribution is 2.18. The molecule has 0 saturated heterocycles. The van der Waals surface area contributed by atoms with Crippen molar-refractivity contribution in [2.45, 2.75) is 31.9 Å². The highest BCUT2D eigenvalue weighted by Gasteiger charge is 2.25. The van der Waals surface area contributed by atoms with Crippen molar-refractivity contribution in [3.8, 4) is 11.3 Å². The summed E-state index contributed by atoms with van der Waals surface area (Å²) in [4.78, 5) is 4.32. The van der Waals surface area contributed by atoms with Crippen molar-refractivity contribution in [1.82, 2.24) is 9.71 Å². The fourth-order valence-electron chi connectivity index (χ4n) is 1.91. The first kappa shape index (κ1) is 16.9. The van der Waals surface area contributed by atoms with Crippen molar-refractivity contribution >= 4 is 11.4 Å². The van der Waals surface area contributed by atoms with E-state index in [9.17, 15) is 8.94 Å². The Morgan fingerprint density at radius 1 is 1.18 bits per heavy atom. The second kappa shape index (κ2) is 7.22. The van der Waals surface area contributed by atoms with E-state index in [1.165, 1.54) is 12.1 Å². The van der Waals surface area contributed by atoms with E-state index in [-0.39, 0.29) is 10.6 Å². The number of nitrogens with one attached hydrogen (secondary N) is 1. The fraction of sp³-hybridized carbons (Fsp3) is 0.353. The average molecular weight is 320 g/mol. The third kappa shape index (κ3) is 4.80. The van der Waals surface area contributed by atoms with Crippen LogP contribution in [0.25, 0.3) is 11.3 Å². The molecule has 0 radical (unpaired) electrons. The smallest absolute Gasteiger partial charge is 0.136 e. The summed E-state index contributed by atoms with van der Waals surface area (Å²) in [5, 5.41) is 0. The lowest BCUT2D eigenvalue weighted by Gasteiger charge is -2.23. The second-order valence-electron chi connectivity index (χ2n) is 6.08. The number of hydrogen-bond donors (Lipinski definition) is 1. The van der Waals surface area contributed by atoms with Gasteiger partial charge in [0.1, 0.15) is 10.6 Å². The third-order valence-electron chi connectivity index (χ3n) is 3.17. The van der Waals surface area contributed by atoms with Gasteiger partial charge in [-0.3, -0.25) is 4.98 Å². The number of rotatable bonds is 5. The van der Waals surface area contributed by atoms with Crippen LogP contribution in [-0.2, 0) is 17.8 Å². The van der Waals surface area contributed by atoms with Crippen molar-refractivity contribution in [3.05, 3.63) is 54.0 Å². The minimum atomic E-state index is -1.06. The van der Waals surface area contributed by atoms with E-state index in [1.807, 2.05) is 32.9 Å². The van der Waals surface area contributed by atoms with E-state index in [0.29, 0.717) is 6.54 Å². The lowest BCUT2D eigenvalue weighted by Crippen LogP contribution is -2.40. The molecule has 1 aromatic heterocycles. The summed E-state index contributed by atoms with van der Waals surface area (Å²) >= 11 is -1.06. The minimum absolute atomic E-state index is 0.256. The van der Waals surface area contributed by atoms with Crippen LogP contribution in [0.4, 0.5) is 4.39 Å². The highest BCUT2D eigenvalue weighted by atomic mass is 32.2. The Labute approximate surface area is 134 Å². The van der Waals surface area contributed by atoms with Crippen LogP contribution >= 0.6 is 0 Å². The molecular weight excluding hydrogens is 299 g/mol. The summed E-state index contributed by atoms with van der Waals surface area (Å²) < 4.78 is 27.7. The van der Waals surface area contributed by atoms with Gasteiger partial charge < -0.3 is 4.55 Å². The van der Waals surface area contributed by atoms with Crippen LogP contribution in [0.1, 0.15) is 26.3 Å². The summed E-state index contributed by atoms with van der Waals surface area (Å²) in [6.07, 6.45) is 2.51. The molecule has 5 heteroatoms. The fourth-order valence-corrected chi connectivity index (χ4v) is 2.63. The maximum absolute atomic E-state index is 13.0. The first-order valence-corrected chi connectivity index (χ1v) is 8.37. The van der Waals surface area contributed by atoms with Crippen molar-refractivity contribution in [2.24, 2.45) is 0 Å². The molecule has 2 aromatic rings. The van der Waals surface area contributed by atoms with Gasteiger partial charge in [-0.15, -0.1) is 4.72 Å². The van der Waals surface area contributed by atoms with Crippen molar-refractivity contribution in [2.75, 3.05) is 6.54 Å². The Balaban J connectivity index is 1.99. The lowest BCUT2D eigenvalue weighted by molar-refractivity contribution is 0.544. The van der Waals surface area contributed by atoms with Crippen molar-refractivity contribution in [3.63, 3.8) is 0 Å². The van der Waals surface area contributed by atoms with Crippen LogP contribution < -0.4 is 4.72 Å². The van der Waals surface area contributed by atoms with Crippen LogP contribution in [0.15, 0.2) is 42.6 Å². The maximum Gasteiger partial charge on any atom is 0.136 e. The summed E-state index contributed by atoms with van der Waals surface area (Å²) in [5.41, 5.74) is 2.80. The molecule has 1 atom stereocenters. The summed E-state index contributed by atoms with van der Waals surface area (Å²) in [7, 11) is 0. The summed E-state index contributed by atoms with van der Waals surface area (Å²) in [6.45, 7) is 6.45.